The average molecular weight is 389 g/mol. The highest BCUT2D eigenvalue weighted by Crippen LogP contribution is 2.37. The SMILES string of the molecule is CCN(C)C(=O)C1(c2ccc(OC3CCN(C(C)C)CC3)cc2)CCOCC1. The minimum absolute atomic E-state index is 0.202. The average Bonchev–Trinajstić information content (AvgIpc) is 2.74. The third-order valence-corrected chi connectivity index (χ3v) is 6.49. The van der Waals surface area contributed by atoms with Crippen molar-refractivity contribution in [3.8, 4) is 5.75 Å². The number of amides is 1. The van der Waals surface area contributed by atoms with Crippen LogP contribution < -0.4 is 4.74 Å². The monoisotopic (exact) mass is 388 g/mol. The second-order valence-electron chi connectivity index (χ2n) is 8.49. The first-order chi connectivity index (χ1) is 13.5. The summed E-state index contributed by atoms with van der Waals surface area (Å²) in [5.41, 5.74) is 0.618. The molecule has 0 unspecified atom stereocenters. The molecule has 5 nitrogen and oxygen atoms in total. The van der Waals surface area contributed by atoms with Gasteiger partial charge in [-0.05, 0) is 64.2 Å². The molecule has 28 heavy (non-hydrogen) atoms. The largest absolute Gasteiger partial charge is 0.490 e. The van der Waals surface area contributed by atoms with Crippen LogP contribution in [0.1, 0.15) is 52.0 Å². The number of benzene rings is 1. The normalized spacial score (nSPS) is 20.9. The van der Waals surface area contributed by atoms with Gasteiger partial charge in [-0.25, -0.2) is 0 Å². The Kier molecular flexibility index (Phi) is 7.00. The highest BCUT2D eigenvalue weighted by molar-refractivity contribution is 5.88. The van der Waals surface area contributed by atoms with Crippen LogP contribution in [0.2, 0.25) is 0 Å². The van der Waals surface area contributed by atoms with Crippen molar-refractivity contribution < 1.29 is 14.3 Å². The van der Waals surface area contributed by atoms with Gasteiger partial charge in [0, 0.05) is 45.9 Å². The van der Waals surface area contributed by atoms with Gasteiger partial charge >= 0.3 is 0 Å². The molecular weight excluding hydrogens is 352 g/mol. The molecule has 0 atom stereocenters. The number of hydrogen-bond acceptors (Lipinski definition) is 4. The van der Waals surface area contributed by atoms with Crippen LogP contribution in [-0.4, -0.2) is 67.7 Å². The molecule has 1 aromatic rings. The molecule has 0 N–H and O–H groups in total. The van der Waals surface area contributed by atoms with Crippen LogP contribution >= 0.6 is 0 Å². The number of ether oxygens (including phenoxy) is 2. The number of rotatable bonds is 6. The van der Waals surface area contributed by atoms with Crippen LogP contribution in [0.5, 0.6) is 5.75 Å². The molecule has 5 heteroatoms. The van der Waals surface area contributed by atoms with Gasteiger partial charge in [-0.2, -0.15) is 0 Å². The van der Waals surface area contributed by atoms with E-state index < -0.39 is 5.41 Å². The second kappa shape index (κ2) is 9.27. The van der Waals surface area contributed by atoms with Crippen molar-refractivity contribution in [3.63, 3.8) is 0 Å². The van der Waals surface area contributed by atoms with Crippen LogP contribution in [0.3, 0.4) is 0 Å². The van der Waals surface area contributed by atoms with Gasteiger partial charge < -0.3 is 19.3 Å². The first-order valence-electron chi connectivity index (χ1n) is 10.8. The van der Waals surface area contributed by atoms with Crippen molar-refractivity contribution in [2.45, 2.75) is 64.0 Å². The summed E-state index contributed by atoms with van der Waals surface area (Å²) >= 11 is 0. The fourth-order valence-electron chi connectivity index (χ4n) is 4.41. The van der Waals surface area contributed by atoms with E-state index in [9.17, 15) is 4.79 Å². The molecule has 2 heterocycles. The van der Waals surface area contributed by atoms with E-state index in [4.69, 9.17) is 9.47 Å². The number of piperidine rings is 1. The maximum Gasteiger partial charge on any atom is 0.233 e. The molecule has 0 saturated carbocycles. The zero-order valence-corrected chi connectivity index (χ0v) is 17.9. The lowest BCUT2D eigenvalue weighted by Gasteiger charge is -2.39. The zero-order chi connectivity index (χ0) is 20.1. The van der Waals surface area contributed by atoms with E-state index in [0.29, 0.717) is 19.3 Å². The molecule has 0 spiro atoms. The summed E-state index contributed by atoms with van der Waals surface area (Å²) in [5.74, 6) is 1.11. The number of hydrogen-bond donors (Lipinski definition) is 0. The summed E-state index contributed by atoms with van der Waals surface area (Å²) < 4.78 is 11.8. The Bertz CT molecular complexity index is 630. The van der Waals surface area contributed by atoms with Crippen LogP contribution in [0, 0.1) is 0 Å². The van der Waals surface area contributed by atoms with E-state index in [2.05, 4.69) is 30.9 Å². The van der Waals surface area contributed by atoms with E-state index in [1.807, 2.05) is 31.0 Å². The molecule has 0 radical (unpaired) electrons. The molecule has 0 aliphatic carbocycles. The Hall–Kier alpha value is -1.59. The molecular formula is C23H36N2O3. The van der Waals surface area contributed by atoms with Crippen molar-refractivity contribution in [1.82, 2.24) is 9.80 Å². The fourth-order valence-corrected chi connectivity index (χ4v) is 4.41. The van der Waals surface area contributed by atoms with Crippen molar-refractivity contribution in [1.29, 1.82) is 0 Å². The summed E-state index contributed by atoms with van der Waals surface area (Å²) in [6, 6.07) is 8.87. The summed E-state index contributed by atoms with van der Waals surface area (Å²) in [7, 11) is 1.89. The second-order valence-corrected chi connectivity index (χ2v) is 8.49. The van der Waals surface area contributed by atoms with Crippen molar-refractivity contribution in [2.24, 2.45) is 0 Å². The third-order valence-electron chi connectivity index (χ3n) is 6.49. The number of likely N-dealkylation sites (N-methyl/N-ethyl adjacent to an activating group) is 1. The molecule has 2 aliphatic rings. The highest BCUT2D eigenvalue weighted by Gasteiger charge is 2.43. The van der Waals surface area contributed by atoms with Crippen LogP contribution in [0.15, 0.2) is 24.3 Å². The Morgan fingerprint density at radius 1 is 1.21 bits per heavy atom. The minimum Gasteiger partial charge on any atom is -0.490 e. The van der Waals surface area contributed by atoms with E-state index in [0.717, 1.165) is 56.6 Å². The van der Waals surface area contributed by atoms with Crippen LogP contribution in [0.4, 0.5) is 0 Å². The first-order valence-corrected chi connectivity index (χ1v) is 10.8. The van der Waals surface area contributed by atoms with Crippen molar-refractivity contribution >= 4 is 5.91 Å². The molecule has 2 aliphatic heterocycles. The smallest absolute Gasteiger partial charge is 0.233 e. The van der Waals surface area contributed by atoms with E-state index in [1.165, 1.54) is 0 Å². The van der Waals surface area contributed by atoms with Gasteiger partial charge in [-0.1, -0.05) is 12.1 Å². The predicted octanol–water partition coefficient (Wildman–Crippen LogP) is 3.46. The van der Waals surface area contributed by atoms with E-state index in [1.54, 1.807) is 0 Å². The van der Waals surface area contributed by atoms with Gasteiger partial charge in [0.05, 0.1) is 5.41 Å². The summed E-state index contributed by atoms with van der Waals surface area (Å²) in [5, 5.41) is 0. The molecule has 1 aromatic carbocycles. The van der Waals surface area contributed by atoms with Gasteiger partial charge in [0.2, 0.25) is 5.91 Å². The van der Waals surface area contributed by atoms with Gasteiger partial charge in [0.25, 0.3) is 0 Å². The molecule has 3 rings (SSSR count). The van der Waals surface area contributed by atoms with E-state index in [-0.39, 0.29) is 12.0 Å². The van der Waals surface area contributed by atoms with Crippen LogP contribution in [-0.2, 0) is 14.9 Å². The number of likely N-dealkylation sites (tertiary alicyclic amines) is 1. The Morgan fingerprint density at radius 2 is 1.82 bits per heavy atom. The summed E-state index contributed by atoms with van der Waals surface area (Å²) in [6.45, 7) is 10.7. The van der Waals surface area contributed by atoms with Gasteiger partial charge in [0.15, 0.2) is 0 Å². The molecule has 2 fully saturated rings. The Labute approximate surface area is 170 Å². The van der Waals surface area contributed by atoms with Crippen molar-refractivity contribution in [3.05, 3.63) is 29.8 Å². The summed E-state index contributed by atoms with van der Waals surface area (Å²) in [6.07, 6.45) is 3.90. The summed E-state index contributed by atoms with van der Waals surface area (Å²) in [4.78, 5) is 17.5. The fraction of sp³-hybridized carbons (Fsp3) is 0.696. The Balaban J connectivity index is 1.69. The quantitative estimate of drug-likeness (QED) is 0.748. The third kappa shape index (κ3) is 4.52. The molecule has 156 valence electrons. The topological polar surface area (TPSA) is 42.0 Å². The maximum absolute atomic E-state index is 13.2. The minimum atomic E-state index is -0.468. The zero-order valence-electron chi connectivity index (χ0n) is 17.9. The van der Waals surface area contributed by atoms with Gasteiger partial charge in [0.1, 0.15) is 11.9 Å². The number of nitrogens with zero attached hydrogens (tertiary/aromatic N) is 2. The lowest BCUT2D eigenvalue weighted by molar-refractivity contribution is -0.139. The molecule has 0 bridgehead atoms. The highest BCUT2D eigenvalue weighted by atomic mass is 16.5. The maximum atomic E-state index is 13.2. The molecule has 1 amide bonds. The number of carbonyl (C=O) groups excluding carboxylic acids is 1. The molecule has 0 aromatic heterocycles. The Morgan fingerprint density at radius 3 is 2.36 bits per heavy atom. The molecule has 2 saturated heterocycles. The van der Waals surface area contributed by atoms with Gasteiger partial charge in [-0.15, -0.1) is 0 Å². The van der Waals surface area contributed by atoms with E-state index >= 15 is 0 Å². The van der Waals surface area contributed by atoms with Crippen molar-refractivity contribution in [2.75, 3.05) is 39.9 Å². The lowest BCUT2D eigenvalue weighted by atomic mass is 9.73. The predicted molar refractivity (Wildman–Crippen MR) is 112 cm³/mol. The van der Waals surface area contributed by atoms with Crippen LogP contribution in [0.25, 0.3) is 0 Å². The lowest BCUT2D eigenvalue weighted by Crippen LogP contribution is -2.48. The first kappa shape index (κ1) is 21.1. The van der Waals surface area contributed by atoms with Gasteiger partial charge in [-0.3, -0.25) is 4.79 Å². The number of carbonyl (C=O) groups is 1. The standard InChI is InChI=1S/C23H36N2O3/c1-5-24(4)22(26)23(12-16-27-17-13-23)19-6-8-20(9-7-19)28-21-10-14-25(15-11-21)18(2)3/h6-9,18,21H,5,10-17H2,1-4H3.